The third kappa shape index (κ3) is 5.14. The first-order valence-electron chi connectivity index (χ1n) is 13.3. The molecule has 7 heteroatoms. The minimum Gasteiger partial charge on any atom is -0.474 e. The molecule has 3 heterocycles. The van der Waals surface area contributed by atoms with Crippen molar-refractivity contribution in [3.8, 4) is 17.1 Å². The molecule has 0 radical (unpaired) electrons. The van der Waals surface area contributed by atoms with E-state index in [1.807, 2.05) is 35.4 Å². The zero-order valence-electron chi connectivity index (χ0n) is 20.7. The molecule has 186 valence electrons. The highest BCUT2D eigenvalue weighted by molar-refractivity contribution is 5.95. The number of imidazole rings is 1. The number of benzene rings is 1. The van der Waals surface area contributed by atoms with Crippen LogP contribution in [0.3, 0.4) is 0 Å². The number of unbranched alkanes of at least 4 members (excludes halogenated alkanes) is 2. The normalized spacial score (nSPS) is 17.3. The first-order valence-corrected chi connectivity index (χ1v) is 13.3. The molecule has 0 atom stereocenters. The molecule has 0 bridgehead atoms. The van der Waals surface area contributed by atoms with Crippen molar-refractivity contribution in [2.24, 2.45) is 0 Å². The Labute approximate surface area is 206 Å². The smallest absolute Gasteiger partial charge is 0.262 e. The first kappa shape index (κ1) is 23.6. The van der Waals surface area contributed by atoms with E-state index in [1.165, 1.54) is 31.7 Å². The van der Waals surface area contributed by atoms with Crippen molar-refractivity contribution in [3.63, 3.8) is 0 Å². The van der Waals surface area contributed by atoms with E-state index in [4.69, 9.17) is 9.72 Å². The SMILES string of the molecule is CCCCCn1c(-c2ccc(N3CCCC3=O)cc2)cn2c(=O)cc(OC3CCCCCC3)nc12. The lowest BCUT2D eigenvalue weighted by Gasteiger charge is -2.17. The average molecular weight is 477 g/mol. The average Bonchev–Trinajstić information content (AvgIpc) is 3.35. The van der Waals surface area contributed by atoms with Gasteiger partial charge >= 0.3 is 0 Å². The summed E-state index contributed by atoms with van der Waals surface area (Å²) in [5.41, 5.74) is 2.78. The number of fused-ring (bicyclic) bond motifs is 1. The van der Waals surface area contributed by atoms with Gasteiger partial charge in [0.2, 0.25) is 17.6 Å². The summed E-state index contributed by atoms with van der Waals surface area (Å²) in [4.78, 5) is 31.9. The van der Waals surface area contributed by atoms with Crippen molar-refractivity contribution < 1.29 is 9.53 Å². The van der Waals surface area contributed by atoms with E-state index in [1.54, 1.807) is 4.40 Å². The quantitative estimate of drug-likeness (QED) is 0.314. The lowest BCUT2D eigenvalue weighted by Crippen LogP contribution is -2.23. The lowest BCUT2D eigenvalue weighted by atomic mass is 10.1. The van der Waals surface area contributed by atoms with Gasteiger partial charge in [0.05, 0.1) is 11.8 Å². The third-order valence-corrected chi connectivity index (χ3v) is 7.32. The predicted octanol–water partition coefficient (Wildman–Crippen LogP) is 5.58. The summed E-state index contributed by atoms with van der Waals surface area (Å²) in [5, 5.41) is 0. The van der Waals surface area contributed by atoms with E-state index in [0.29, 0.717) is 18.1 Å². The number of carbonyl (C=O) groups excluding carboxylic acids is 1. The third-order valence-electron chi connectivity index (χ3n) is 7.32. The molecule has 2 aliphatic rings. The predicted molar refractivity (Wildman–Crippen MR) is 138 cm³/mol. The Bertz CT molecular complexity index is 1220. The summed E-state index contributed by atoms with van der Waals surface area (Å²) in [6, 6.07) is 9.62. The molecule has 2 fully saturated rings. The van der Waals surface area contributed by atoms with Crippen LogP contribution in [0.2, 0.25) is 0 Å². The topological polar surface area (TPSA) is 68.8 Å². The fraction of sp³-hybridized carbons (Fsp3) is 0.536. The summed E-state index contributed by atoms with van der Waals surface area (Å²) in [5.74, 6) is 1.25. The monoisotopic (exact) mass is 476 g/mol. The fourth-order valence-electron chi connectivity index (χ4n) is 5.36. The molecule has 5 rings (SSSR count). The molecule has 0 unspecified atom stereocenters. The van der Waals surface area contributed by atoms with Gasteiger partial charge in [0.15, 0.2) is 0 Å². The number of nitrogens with zero attached hydrogens (tertiary/aromatic N) is 4. The number of ether oxygens (including phenoxy) is 1. The summed E-state index contributed by atoms with van der Waals surface area (Å²) < 4.78 is 10.0. The molecule has 1 aliphatic heterocycles. The van der Waals surface area contributed by atoms with Crippen molar-refractivity contribution >= 4 is 17.4 Å². The Morgan fingerprint density at radius 1 is 1.00 bits per heavy atom. The van der Waals surface area contributed by atoms with Gasteiger partial charge in [-0.2, -0.15) is 4.98 Å². The van der Waals surface area contributed by atoms with E-state index in [-0.39, 0.29) is 17.6 Å². The van der Waals surface area contributed by atoms with Gasteiger partial charge in [0.1, 0.15) is 6.10 Å². The molecular formula is C28H36N4O3. The van der Waals surface area contributed by atoms with E-state index >= 15 is 0 Å². The van der Waals surface area contributed by atoms with Gasteiger partial charge in [0.25, 0.3) is 5.56 Å². The molecule has 2 aromatic heterocycles. The lowest BCUT2D eigenvalue weighted by molar-refractivity contribution is -0.117. The van der Waals surface area contributed by atoms with Crippen molar-refractivity contribution in [3.05, 3.63) is 46.9 Å². The molecule has 1 aliphatic carbocycles. The van der Waals surface area contributed by atoms with Crippen molar-refractivity contribution in [1.82, 2.24) is 14.0 Å². The molecule has 7 nitrogen and oxygen atoms in total. The van der Waals surface area contributed by atoms with Gasteiger partial charge in [-0.15, -0.1) is 0 Å². The Morgan fingerprint density at radius 3 is 2.46 bits per heavy atom. The van der Waals surface area contributed by atoms with Crippen LogP contribution in [0.25, 0.3) is 17.0 Å². The van der Waals surface area contributed by atoms with Crippen LogP contribution in [-0.4, -0.2) is 32.5 Å². The second kappa shape index (κ2) is 10.7. The zero-order valence-corrected chi connectivity index (χ0v) is 20.7. The number of hydrogen-bond donors (Lipinski definition) is 0. The van der Waals surface area contributed by atoms with Crippen molar-refractivity contribution in [2.75, 3.05) is 11.4 Å². The molecule has 1 aromatic carbocycles. The van der Waals surface area contributed by atoms with Crippen LogP contribution >= 0.6 is 0 Å². The molecule has 35 heavy (non-hydrogen) atoms. The van der Waals surface area contributed by atoms with Crippen molar-refractivity contribution in [1.29, 1.82) is 0 Å². The minimum atomic E-state index is -0.117. The van der Waals surface area contributed by atoms with E-state index in [2.05, 4.69) is 11.5 Å². The number of hydrogen-bond acceptors (Lipinski definition) is 4. The molecule has 1 saturated carbocycles. The van der Waals surface area contributed by atoms with Gasteiger partial charge in [-0.3, -0.25) is 14.0 Å². The maximum atomic E-state index is 13.1. The molecule has 1 amide bonds. The largest absolute Gasteiger partial charge is 0.474 e. The standard InChI is InChI=1S/C28H36N4O3/c1-2-3-8-17-31-24(21-13-15-22(16-14-21)30-18-9-12-26(30)33)20-32-27(34)19-25(29-28(31)32)35-23-10-6-4-5-7-11-23/h13-16,19-20,23H,2-12,17-18H2,1H3. The maximum absolute atomic E-state index is 13.1. The number of aryl methyl sites for hydroxylation is 1. The number of carbonyl (C=O) groups is 1. The maximum Gasteiger partial charge on any atom is 0.262 e. The molecule has 1 saturated heterocycles. The second-order valence-electron chi connectivity index (χ2n) is 9.90. The van der Waals surface area contributed by atoms with Crippen LogP contribution in [-0.2, 0) is 11.3 Å². The summed E-state index contributed by atoms with van der Waals surface area (Å²) >= 11 is 0. The Kier molecular flexibility index (Phi) is 7.21. The highest BCUT2D eigenvalue weighted by atomic mass is 16.5. The van der Waals surface area contributed by atoms with Gasteiger partial charge < -0.3 is 14.2 Å². The van der Waals surface area contributed by atoms with Crippen LogP contribution in [0.4, 0.5) is 5.69 Å². The molecule has 3 aromatic rings. The van der Waals surface area contributed by atoms with E-state index < -0.39 is 0 Å². The molecular weight excluding hydrogens is 440 g/mol. The van der Waals surface area contributed by atoms with Gasteiger partial charge in [-0.05, 0) is 56.2 Å². The van der Waals surface area contributed by atoms with Gasteiger partial charge in [-0.25, -0.2) is 0 Å². The van der Waals surface area contributed by atoms with Gasteiger partial charge in [-0.1, -0.05) is 44.7 Å². The van der Waals surface area contributed by atoms with E-state index in [9.17, 15) is 9.59 Å². The van der Waals surface area contributed by atoms with Crippen molar-refractivity contribution in [2.45, 2.75) is 90.2 Å². The van der Waals surface area contributed by atoms with Crippen LogP contribution in [0.1, 0.15) is 77.6 Å². The Morgan fingerprint density at radius 2 is 1.77 bits per heavy atom. The summed E-state index contributed by atoms with van der Waals surface area (Å²) in [6.45, 7) is 3.75. The summed E-state index contributed by atoms with van der Waals surface area (Å²) in [6.07, 6.45) is 13.7. The van der Waals surface area contributed by atoms with Crippen LogP contribution in [0, 0.1) is 0 Å². The first-order chi connectivity index (χ1) is 17.1. The molecule has 0 N–H and O–H groups in total. The minimum absolute atomic E-state index is 0.117. The summed E-state index contributed by atoms with van der Waals surface area (Å²) in [7, 11) is 0. The number of rotatable bonds is 8. The zero-order chi connectivity index (χ0) is 24.2. The van der Waals surface area contributed by atoms with Crippen LogP contribution in [0.15, 0.2) is 41.3 Å². The highest BCUT2D eigenvalue weighted by Gasteiger charge is 2.22. The number of amides is 1. The van der Waals surface area contributed by atoms with E-state index in [0.717, 1.165) is 68.6 Å². The molecule has 0 spiro atoms. The Hall–Kier alpha value is -3.09. The Balaban J connectivity index is 1.50. The fourth-order valence-corrected chi connectivity index (χ4v) is 5.36. The van der Waals surface area contributed by atoms with Crippen LogP contribution < -0.4 is 15.2 Å². The second-order valence-corrected chi connectivity index (χ2v) is 9.90. The number of anilines is 1. The van der Waals surface area contributed by atoms with Gasteiger partial charge in [0, 0.05) is 31.4 Å². The number of aromatic nitrogens is 3. The van der Waals surface area contributed by atoms with Crippen LogP contribution in [0.5, 0.6) is 5.88 Å². The highest BCUT2D eigenvalue weighted by Crippen LogP contribution is 2.28.